The summed E-state index contributed by atoms with van der Waals surface area (Å²) < 4.78 is 15.8. The van der Waals surface area contributed by atoms with Crippen molar-refractivity contribution in [2.24, 2.45) is 9.98 Å². The summed E-state index contributed by atoms with van der Waals surface area (Å²) in [5, 5.41) is 5.99. The molecule has 0 saturated heterocycles. The van der Waals surface area contributed by atoms with Crippen LogP contribution in [0.1, 0.15) is 43.7 Å². The van der Waals surface area contributed by atoms with Crippen LogP contribution in [0.2, 0.25) is 0 Å². The normalized spacial score (nSPS) is 17.4. The molecule has 0 aromatic heterocycles. The molecule has 0 spiro atoms. The van der Waals surface area contributed by atoms with Crippen LogP contribution in [0.4, 0.5) is 5.69 Å². The number of ether oxygens (including phenoxy) is 3. The maximum absolute atomic E-state index is 13.1. The molecule has 0 bridgehead atoms. The summed E-state index contributed by atoms with van der Waals surface area (Å²) in [4.78, 5) is 49.9. The smallest absolute Gasteiger partial charge is 0.270 e. The number of fused-ring (bicyclic) bond motifs is 4. The van der Waals surface area contributed by atoms with Crippen LogP contribution >= 0.6 is 11.8 Å². The number of hydrogen-bond donors (Lipinski definition) is 2. The van der Waals surface area contributed by atoms with Crippen molar-refractivity contribution in [2.45, 2.75) is 50.4 Å². The van der Waals surface area contributed by atoms with Gasteiger partial charge in [-0.3, -0.25) is 19.3 Å². The predicted molar refractivity (Wildman–Crippen MR) is 156 cm³/mol. The monoisotopic (exact) mass is 579 g/mol. The van der Waals surface area contributed by atoms with Gasteiger partial charge in [0.25, 0.3) is 5.91 Å². The number of benzene rings is 2. The third kappa shape index (κ3) is 6.54. The summed E-state index contributed by atoms with van der Waals surface area (Å²) in [6.45, 7) is 3.53. The fraction of sp³-hybridized carbons (Fsp3) is 0.414. The van der Waals surface area contributed by atoms with E-state index >= 15 is 0 Å². The standard InChI is InChI=1S/C29H33N5O6S/c1-3-24(28(37)30-13-6-14-38-2)41-29-32-20-8-5-4-7-19(20)26-33-27(36)21(34(26)29)10-12-25(35)31-16-18-9-11-22-23(15-18)40-17-39-22/h4-5,7-9,11,15,21,24H,3,6,10,12-14,16-17H2,1-2H3,(H,30,37)(H,31,35). The van der Waals surface area contributed by atoms with Crippen molar-refractivity contribution in [3.8, 4) is 11.5 Å². The zero-order valence-electron chi connectivity index (χ0n) is 23.1. The second-order valence-corrected chi connectivity index (χ2v) is 10.9. The summed E-state index contributed by atoms with van der Waals surface area (Å²) in [7, 11) is 1.63. The topological polar surface area (TPSA) is 131 Å². The second kappa shape index (κ2) is 13.2. The van der Waals surface area contributed by atoms with E-state index in [1.807, 2.05) is 49.4 Å². The third-order valence-corrected chi connectivity index (χ3v) is 8.25. The van der Waals surface area contributed by atoms with E-state index in [1.165, 1.54) is 11.8 Å². The van der Waals surface area contributed by atoms with Gasteiger partial charge in [-0.2, -0.15) is 4.99 Å². The van der Waals surface area contributed by atoms with Crippen LogP contribution in [0.25, 0.3) is 0 Å². The molecule has 3 aliphatic rings. The first kappa shape index (κ1) is 28.6. The Labute approximate surface area is 242 Å². The van der Waals surface area contributed by atoms with Gasteiger partial charge in [-0.1, -0.05) is 36.9 Å². The Bertz CT molecular complexity index is 1380. The minimum atomic E-state index is -0.692. The number of hydrogen-bond acceptors (Lipinski definition) is 9. The van der Waals surface area contributed by atoms with Crippen molar-refractivity contribution in [2.75, 3.05) is 27.1 Å². The number of carbonyl (C=O) groups excluding carboxylic acids is 3. The number of amides is 3. The van der Waals surface area contributed by atoms with Crippen molar-refractivity contribution in [1.29, 1.82) is 0 Å². The summed E-state index contributed by atoms with van der Waals surface area (Å²) in [6, 6.07) is 12.3. The van der Waals surface area contributed by atoms with Crippen LogP contribution in [0.15, 0.2) is 52.4 Å². The van der Waals surface area contributed by atoms with Crippen molar-refractivity contribution in [3.63, 3.8) is 0 Å². The average Bonchev–Trinajstić information content (AvgIpc) is 3.59. The Morgan fingerprint density at radius 3 is 2.80 bits per heavy atom. The number of nitrogens with one attached hydrogen (secondary N) is 2. The van der Waals surface area contributed by atoms with Gasteiger partial charge < -0.3 is 24.8 Å². The van der Waals surface area contributed by atoms with Crippen molar-refractivity contribution >= 4 is 46.2 Å². The van der Waals surface area contributed by atoms with E-state index in [0.717, 1.165) is 11.1 Å². The number of thioether (sulfide) groups is 1. The number of carbonyl (C=O) groups is 3. The first-order valence-electron chi connectivity index (χ1n) is 13.7. The minimum absolute atomic E-state index is 0.0985. The zero-order valence-corrected chi connectivity index (χ0v) is 23.9. The lowest BCUT2D eigenvalue weighted by molar-refractivity contribution is -0.123. The van der Waals surface area contributed by atoms with Gasteiger partial charge >= 0.3 is 0 Å². The van der Waals surface area contributed by atoms with Crippen LogP contribution in [-0.4, -0.2) is 72.0 Å². The molecule has 0 fully saturated rings. The molecule has 2 aromatic rings. The lowest BCUT2D eigenvalue weighted by Crippen LogP contribution is -2.45. The molecule has 11 nitrogen and oxygen atoms in total. The van der Waals surface area contributed by atoms with E-state index < -0.39 is 11.3 Å². The van der Waals surface area contributed by atoms with Crippen molar-refractivity contribution in [3.05, 3.63) is 53.6 Å². The molecule has 0 radical (unpaired) electrons. The maximum atomic E-state index is 13.1. The highest BCUT2D eigenvalue weighted by atomic mass is 32.2. The summed E-state index contributed by atoms with van der Waals surface area (Å²) in [6.07, 6.45) is 1.66. The number of methoxy groups -OCH3 is 1. The molecule has 41 heavy (non-hydrogen) atoms. The highest BCUT2D eigenvalue weighted by Crippen LogP contribution is 2.37. The third-order valence-electron chi connectivity index (χ3n) is 6.92. The van der Waals surface area contributed by atoms with Crippen LogP contribution in [0.5, 0.6) is 11.5 Å². The Morgan fingerprint density at radius 2 is 1.98 bits per heavy atom. The van der Waals surface area contributed by atoms with Gasteiger partial charge in [0.2, 0.25) is 18.6 Å². The molecule has 3 heterocycles. The molecule has 5 rings (SSSR count). The predicted octanol–water partition coefficient (Wildman–Crippen LogP) is 3.13. The van der Waals surface area contributed by atoms with Crippen LogP contribution in [0, 0.1) is 0 Å². The Kier molecular flexibility index (Phi) is 9.20. The first-order valence-corrected chi connectivity index (χ1v) is 14.5. The van der Waals surface area contributed by atoms with E-state index in [4.69, 9.17) is 19.2 Å². The van der Waals surface area contributed by atoms with Crippen LogP contribution in [-0.2, 0) is 25.7 Å². The molecule has 0 aliphatic carbocycles. The molecule has 0 saturated carbocycles. The SMILES string of the molecule is CCC(SC1=Nc2ccccc2C2=NC(=O)C(CCC(=O)NCc3ccc4c(c3)OCO4)N12)C(=O)NCCCOC. The van der Waals surface area contributed by atoms with Crippen LogP contribution < -0.4 is 20.1 Å². The first-order chi connectivity index (χ1) is 20.0. The van der Waals surface area contributed by atoms with Gasteiger partial charge in [0.05, 0.1) is 10.9 Å². The molecular weight excluding hydrogens is 546 g/mol. The average molecular weight is 580 g/mol. The van der Waals surface area contributed by atoms with Gasteiger partial charge in [0, 0.05) is 38.8 Å². The molecule has 12 heteroatoms. The quantitative estimate of drug-likeness (QED) is 0.367. The van der Waals surface area contributed by atoms with Crippen molar-refractivity contribution in [1.82, 2.24) is 15.5 Å². The Balaban J connectivity index is 1.26. The largest absolute Gasteiger partial charge is 0.454 e. The van der Waals surface area contributed by atoms with Gasteiger partial charge in [-0.25, -0.2) is 4.99 Å². The van der Waals surface area contributed by atoms with Gasteiger partial charge in [0.1, 0.15) is 11.9 Å². The molecule has 2 atom stereocenters. The molecule has 216 valence electrons. The minimum Gasteiger partial charge on any atom is -0.454 e. The van der Waals surface area contributed by atoms with Gasteiger partial charge in [-0.05, 0) is 49.1 Å². The van der Waals surface area contributed by atoms with E-state index in [0.29, 0.717) is 60.7 Å². The maximum Gasteiger partial charge on any atom is 0.270 e. The highest BCUT2D eigenvalue weighted by Gasteiger charge is 2.42. The van der Waals surface area contributed by atoms with E-state index in [2.05, 4.69) is 15.6 Å². The lowest BCUT2D eigenvalue weighted by Gasteiger charge is -2.32. The molecule has 2 aromatic carbocycles. The highest BCUT2D eigenvalue weighted by molar-refractivity contribution is 8.15. The summed E-state index contributed by atoms with van der Waals surface area (Å²) >= 11 is 1.31. The molecular formula is C29H33N5O6S. The van der Waals surface area contributed by atoms with Crippen LogP contribution in [0.3, 0.4) is 0 Å². The number of aliphatic imine (C=N–C) groups is 2. The zero-order chi connectivity index (χ0) is 28.8. The Morgan fingerprint density at radius 1 is 1.15 bits per heavy atom. The van der Waals surface area contributed by atoms with Gasteiger partial charge in [0.15, 0.2) is 16.7 Å². The van der Waals surface area contributed by atoms with Crippen molar-refractivity contribution < 1.29 is 28.6 Å². The molecule has 3 aliphatic heterocycles. The number of nitrogens with zero attached hydrogens (tertiary/aromatic N) is 3. The van der Waals surface area contributed by atoms with Gasteiger partial charge in [-0.15, -0.1) is 0 Å². The Hall–Kier alpha value is -3.90. The lowest BCUT2D eigenvalue weighted by atomic mass is 10.1. The number of para-hydroxylation sites is 1. The molecule has 2 N–H and O–H groups in total. The molecule has 2 unspecified atom stereocenters. The fourth-order valence-corrected chi connectivity index (χ4v) is 5.85. The summed E-state index contributed by atoms with van der Waals surface area (Å²) in [5.41, 5.74) is 2.32. The fourth-order valence-electron chi connectivity index (χ4n) is 4.76. The second-order valence-electron chi connectivity index (χ2n) is 9.73. The van der Waals surface area contributed by atoms with E-state index in [1.54, 1.807) is 12.0 Å². The number of rotatable bonds is 12. The van der Waals surface area contributed by atoms with E-state index in [-0.39, 0.29) is 37.4 Å². The molecule has 3 amide bonds. The van der Waals surface area contributed by atoms with E-state index in [9.17, 15) is 14.4 Å². The summed E-state index contributed by atoms with van der Waals surface area (Å²) in [5.74, 6) is 1.23. The number of amidine groups is 2.